The van der Waals surface area contributed by atoms with Crippen molar-refractivity contribution in [2.24, 2.45) is 5.41 Å². The Labute approximate surface area is 120 Å². The summed E-state index contributed by atoms with van der Waals surface area (Å²) in [5, 5.41) is 0. The number of ether oxygens (including phenoxy) is 1. The van der Waals surface area contributed by atoms with Crippen molar-refractivity contribution in [3.05, 3.63) is 23.8 Å². The third-order valence-electron chi connectivity index (χ3n) is 3.95. The van der Waals surface area contributed by atoms with Crippen LogP contribution in [0.25, 0.3) is 0 Å². The molecule has 6 heteroatoms. The predicted molar refractivity (Wildman–Crippen MR) is 78.9 cm³/mol. The third kappa shape index (κ3) is 3.50. The van der Waals surface area contributed by atoms with Crippen LogP contribution in [-0.2, 0) is 14.8 Å². The van der Waals surface area contributed by atoms with E-state index in [2.05, 4.69) is 11.6 Å². The highest BCUT2D eigenvalue weighted by molar-refractivity contribution is 7.89. The Morgan fingerprint density at radius 1 is 1.35 bits per heavy atom. The number of nitrogens with one attached hydrogen (secondary N) is 1. The largest absolute Gasteiger partial charge is 0.398 e. The molecule has 5 nitrogen and oxygen atoms in total. The van der Waals surface area contributed by atoms with Crippen LogP contribution in [-0.4, -0.2) is 28.2 Å². The minimum absolute atomic E-state index is 0.0401. The topological polar surface area (TPSA) is 81.4 Å². The first-order valence-corrected chi connectivity index (χ1v) is 8.24. The molecule has 1 aromatic rings. The average molecular weight is 298 g/mol. The highest BCUT2D eigenvalue weighted by Gasteiger charge is 2.29. The number of hydrogen-bond donors (Lipinski definition) is 2. The Morgan fingerprint density at radius 2 is 2.00 bits per heavy atom. The smallest absolute Gasteiger partial charge is 0.240 e. The van der Waals surface area contributed by atoms with Crippen molar-refractivity contribution in [1.82, 2.24) is 4.72 Å². The molecule has 1 heterocycles. The molecule has 1 aliphatic heterocycles. The molecule has 20 heavy (non-hydrogen) atoms. The summed E-state index contributed by atoms with van der Waals surface area (Å²) in [6.45, 7) is 5.74. The molecule has 3 N–H and O–H groups in total. The molecular formula is C14H22N2O3S. The number of anilines is 1. The van der Waals surface area contributed by atoms with Crippen LogP contribution < -0.4 is 10.5 Å². The van der Waals surface area contributed by atoms with Crippen molar-refractivity contribution < 1.29 is 13.2 Å². The summed E-state index contributed by atoms with van der Waals surface area (Å²) in [5.41, 5.74) is 7.10. The predicted octanol–water partition coefficient (Wildman–Crippen LogP) is 1.67. The summed E-state index contributed by atoms with van der Waals surface area (Å²) >= 11 is 0. The Balaban J connectivity index is 2.09. The van der Waals surface area contributed by atoms with Crippen molar-refractivity contribution in [1.29, 1.82) is 0 Å². The van der Waals surface area contributed by atoms with Gasteiger partial charge in [-0.15, -0.1) is 0 Å². The quantitative estimate of drug-likeness (QED) is 0.829. The van der Waals surface area contributed by atoms with E-state index in [0.29, 0.717) is 25.4 Å². The number of hydrogen-bond acceptors (Lipinski definition) is 4. The van der Waals surface area contributed by atoms with Gasteiger partial charge in [-0.05, 0) is 42.9 Å². The maximum atomic E-state index is 12.3. The van der Waals surface area contributed by atoms with E-state index in [9.17, 15) is 8.42 Å². The lowest BCUT2D eigenvalue weighted by atomic mass is 9.83. The van der Waals surface area contributed by atoms with Gasteiger partial charge in [0.1, 0.15) is 0 Å². The van der Waals surface area contributed by atoms with Crippen LogP contribution in [0.5, 0.6) is 0 Å². The van der Waals surface area contributed by atoms with Crippen molar-refractivity contribution in [3.63, 3.8) is 0 Å². The third-order valence-corrected chi connectivity index (χ3v) is 5.35. The molecule has 0 atom stereocenters. The molecule has 0 bridgehead atoms. The molecule has 0 unspecified atom stereocenters. The first-order chi connectivity index (χ1) is 9.32. The van der Waals surface area contributed by atoms with Crippen LogP contribution in [0.2, 0.25) is 0 Å². The number of aryl methyl sites for hydroxylation is 1. The molecular weight excluding hydrogens is 276 g/mol. The lowest BCUT2D eigenvalue weighted by molar-refractivity contribution is 0.0265. The van der Waals surface area contributed by atoms with Crippen LogP contribution in [0, 0.1) is 12.3 Å². The van der Waals surface area contributed by atoms with Crippen LogP contribution in [0.3, 0.4) is 0 Å². The Morgan fingerprint density at radius 3 is 2.60 bits per heavy atom. The van der Waals surface area contributed by atoms with Gasteiger partial charge in [-0.3, -0.25) is 0 Å². The monoisotopic (exact) mass is 298 g/mol. The van der Waals surface area contributed by atoms with Crippen LogP contribution >= 0.6 is 0 Å². The second-order valence-corrected chi connectivity index (χ2v) is 7.53. The summed E-state index contributed by atoms with van der Waals surface area (Å²) in [5.74, 6) is 0. The number of nitrogens with two attached hydrogens (primary N) is 1. The van der Waals surface area contributed by atoms with Gasteiger partial charge in [0.05, 0.1) is 4.90 Å². The number of benzene rings is 1. The fraction of sp³-hybridized carbons (Fsp3) is 0.571. The van der Waals surface area contributed by atoms with Crippen molar-refractivity contribution in [2.75, 3.05) is 25.5 Å². The molecule has 0 amide bonds. The van der Waals surface area contributed by atoms with E-state index in [-0.39, 0.29) is 10.3 Å². The maximum absolute atomic E-state index is 12.3. The number of nitrogen functional groups attached to an aromatic ring is 1. The molecule has 0 saturated carbocycles. The molecule has 1 aromatic carbocycles. The second kappa shape index (κ2) is 5.71. The zero-order valence-electron chi connectivity index (χ0n) is 12.0. The van der Waals surface area contributed by atoms with E-state index in [1.54, 1.807) is 12.1 Å². The Hall–Kier alpha value is -1.11. The first kappa shape index (κ1) is 15.3. The fourth-order valence-electron chi connectivity index (χ4n) is 2.18. The SMILES string of the molecule is Cc1ccc(S(=O)(=O)NCC2(C)CCOCC2)cc1N. The fourth-order valence-corrected chi connectivity index (χ4v) is 3.41. The van der Waals surface area contributed by atoms with E-state index < -0.39 is 10.0 Å². The molecule has 112 valence electrons. The van der Waals surface area contributed by atoms with Gasteiger partial charge >= 0.3 is 0 Å². The van der Waals surface area contributed by atoms with Gasteiger partial charge < -0.3 is 10.5 Å². The highest BCUT2D eigenvalue weighted by atomic mass is 32.2. The van der Waals surface area contributed by atoms with Gasteiger partial charge in [0, 0.05) is 25.4 Å². The van der Waals surface area contributed by atoms with Crippen molar-refractivity contribution >= 4 is 15.7 Å². The second-order valence-electron chi connectivity index (χ2n) is 5.77. The summed E-state index contributed by atoms with van der Waals surface area (Å²) in [4.78, 5) is 0.219. The van der Waals surface area contributed by atoms with E-state index >= 15 is 0 Å². The van der Waals surface area contributed by atoms with Crippen LogP contribution in [0.1, 0.15) is 25.3 Å². The Bertz CT molecular complexity index is 578. The number of rotatable bonds is 4. The van der Waals surface area contributed by atoms with E-state index in [4.69, 9.17) is 10.5 Å². The molecule has 1 fully saturated rings. The van der Waals surface area contributed by atoms with Gasteiger partial charge in [0.25, 0.3) is 0 Å². The molecule has 2 rings (SSSR count). The van der Waals surface area contributed by atoms with Crippen LogP contribution in [0.15, 0.2) is 23.1 Å². The van der Waals surface area contributed by atoms with E-state index in [1.807, 2.05) is 6.92 Å². The van der Waals surface area contributed by atoms with Gasteiger partial charge in [-0.25, -0.2) is 13.1 Å². The van der Waals surface area contributed by atoms with Crippen LogP contribution in [0.4, 0.5) is 5.69 Å². The Kier molecular flexibility index (Phi) is 4.36. The lowest BCUT2D eigenvalue weighted by Crippen LogP contribution is -2.39. The summed E-state index contributed by atoms with van der Waals surface area (Å²) in [7, 11) is -3.51. The molecule has 1 aliphatic rings. The first-order valence-electron chi connectivity index (χ1n) is 6.76. The van der Waals surface area contributed by atoms with E-state index in [0.717, 1.165) is 18.4 Å². The zero-order chi connectivity index (χ0) is 14.8. The highest BCUT2D eigenvalue weighted by Crippen LogP contribution is 2.29. The summed E-state index contributed by atoms with van der Waals surface area (Å²) in [6, 6.07) is 4.81. The molecule has 0 aromatic heterocycles. The lowest BCUT2D eigenvalue weighted by Gasteiger charge is -2.33. The van der Waals surface area contributed by atoms with Gasteiger partial charge in [-0.2, -0.15) is 0 Å². The summed E-state index contributed by atoms with van der Waals surface area (Å²) in [6.07, 6.45) is 1.73. The molecule has 0 radical (unpaired) electrons. The van der Waals surface area contributed by atoms with Crippen molar-refractivity contribution in [3.8, 4) is 0 Å². The minimum Gasteiger partial charge on any atom is -0.398 e. The molecule has 0 spiro atoms. The molecule has 0 aliphatic carbocycles. The van der Waals surface area contributed by atoms with E-state index in [1.165, 1.54) is 6.07 Å². The van der Waals surface area contributed by atoms with Gasteiger partial charge in [0.2, 0.25) is 10.0 Å². The minimum atomic E-state index is -3.51. The molecule has 1 saturated heterocycles. The zero-order valence-corrected chi connectivity index (χ0v) is 12.8. The van der Waals surface area contributed by atoms with Gasteiger partial charge in [0.15, 0.2) is 0 Å². The maximum Gasteiger partial charge on any atom is 0.240 e. The normalized spacial score (nSPS) is 18.9. The van der Waals surface area contributed by atoms with Gasteiger partial charge in [-0.1, -0.05) is 13.0 Å². The van der Waals surface area contributed by atoms with Crippen molar-refractivity contribution in [2.45, 2.75) is 31.6 Å². The summed E-state index contributed by atoms with van der Waals surface area (Å²) < 4.78 is 32.6. The number of sulfonamides is 1. The average Bonchev–Trinajstić information content (AvgIpc) is 2.41. The standard InChI is InChI=1S/C14H22N2O3S/c1-11-3-4-12(9-13(11)15)20(17,18)16-10-14(2)5-7-19-8-6-14/h3-4,9,16H,5-8,10,15H2,1-2H3.